The quantitative estimate of drug-likeness (QED) is 0.384. The van der Waals surface area contributed by atoms with Gasteiger partial charge in [-0.25, -0.2) is 0 Å². The molecule has 1 aliphatic carbocycles. The second-order valence-corrected chi connectivity index (χ2v) is 8.48. The van der Waals surface area contributed by atoms with Gasteiger partial charge in [0.25, 0.3) is 0 Å². The third-order valence-corrected chi connectivity index (χ3v) is 6.19. The standard InChI is InChI=1S/C27H37NO/c1-3-5-7-22-8-13-24(14-9-22)25-15-17-26(28-21-25)16-10-23-11-18-27(19-12-23)29-20-6-4-2/h10-12,15-19,21-22,24H,3-9,13-14,20H2,1-2H3/t22-,24-. The Morgan fingerprint density at radius 3 is 2.31 bits per heavy atom. The first-order valence-electron chi connectivity index (χ1n) is 11.7. The van der Waals surface area contributed by atoms with Crippen LogP contribution < -0.4 is 4.74 Å². The zero-order valence-electron chi connectivity index (χ0n) is 18.3. The second-order valence-electron chi connectivity index (χ2n) is 8.48. The maximum absolute atomic E-state index is 5.72. The second kappa shape index (κ2) is 11.8. The average Bonchev–Trinajstić information content (AvgIpc) is 2.78. The molecule has 0 bridgehead atoms. The zero-order chi connectivity index (χ0) is 20.3. The van der Waals surface area contributed by atoms with E-state index in [1.807, 2.05) is 12.1 Å². The van der Waals surface area contributed by atoms with Crippen LogP contribution in [0.5, 0.6) is 5.75 Å². The lowest BCUT2D eigenvalue weighted by Crippen LogP contribution is -2.13. The molecule has 3 rings (SSSR count). The predicted octanol–water partition coefficient (Wildman–Crippen LogP) is 7.89. The van der Waals surface area contributed by atoms with Gasteiger partial charge in [-0.3, -0.25) is 4.98 Å². The van der Waals surface area contributed by atoms with Crippen LogP contribution in [0.15, 0.2) is 42.6 Å². The van der Waals surface area contributed by atoms with Crippen molar-refractivity contribution in [3.63, 3.8) is 0 Å². The molecular formula is C27H37NO. The van der Waals surface area contributed by atoms with E-state index >= 15 is 0 Å². The van der Waals surface area contributed by atoms with Crippen molar-refractivity contribution in [2.75, 3.05) is 6.61 Å². The molecule has 0 saturated heterocycles. The molecule has 1 saturated carbocycles. The zero-order valence-corrected chi connectivity index (χ0v) is 18.3. The lowest BCUT2D eigenvalue weighted by Gasteiger charge is -2.28. The van der Waals surface area contributed by atoms with Crippen LogP contribution in [-0.4, -0.2) is 11.6 Å². The van der Waals surface area contributed by atoms with Crippen molar-refractivity contribution >= 4 is 12.2 Å². The number of benzene rings is 1. The molecule has 2 nitrogen and oxygen atoms in total. The van der Waals surface area contributed by atoms with Crippen molar-refractivity contribution in [3.8, 4) is 5.75 Å². The van der Waals surface area contributed by atoms with Gasteiger partial charge in [-0.2, -0.15) is 0 Å². The van der Waals surface area contributed by atoms with Gasteiger partial charge < -0.3 is 4.74 Å². The van der Waals surface area contributed by atoms with Crippen LogP contribution in [0.2, 0.25) is 0 Å². The summed E-state index contributed by atoms with van der Waals surface area (Å²) in [6.45, 7) is 5.27. The van der Waals surface area contributed by atoms with Gasteiger partial charge >= 0.3 is 0 Å². The van der Waals surface area contributed by atoms with E-state index in [0.29, 0.717) is 5.92 Å². The van der Waals surface area contributed by atoms with E-state index in [0.717, 1.165) is 36.8 Å². The smallest absolute Gasteiger partial charge is 0.119 e. The van der Waals surface area contributed by atoms with Crippen LogP contribution in [0.4, 0.5) is 0 Å². The van der Waals surface area contributed by atoms with Crippen molar-refractivity contribution in [2.45, 2.75) is 77.6 Å². The average molecular weight is 392 g/mol. The highest BCUT2D eigenvalue weighted by Crippen LogP contribution is 2.37. The number of nitrogens with zero attached hydrogens (tertiary/aromatic N) is 1. The summed E-state index contributed by atoms with van der Waals surface area (Å²) in [6.07, 6.45) is 18.2. The molecule has 0 radical (unpaired) electrons. The SMILES string of the molecule is CCCCOc1ccc(C=Cc2ccc([C@H]3CC[C@H](CCCC)CC3)cn2)cc1. The summed E-state index contributed by atoms with van der Waals surface area (Å²) >= 11 is 0. The molecule has 1 aromatic heterocycles. The summed E-state index contributed by atoms with van der Waals surface area (Å²) in [7, 11) is 0. The minimum absolute atomic E-state index is 0.707. The number of ether oxygens (including phenoxy) is 1. The van der Waals surface area contributed by atoms with Gasteiger partial charge in [-0.1, -0.05) is 63.8 Å². The van der Waals surface area contributed by atoms with E-state index in [1.54, 1.807) is 0 Å². The highest BCUT2D eigenvalue weighted by Gasteiger charge is 2.22. The first kappa shape index (κ1) is 21.6. The van der Waals surface area contributed by atoms with E-state index in [4.69, 9.17) is 9.72 Å². The molecule has 2 aromatic rings. The Bertz CT molecular complexity index is 724. The lowest BCUT2D eigenvalue weighted by atomic mass is 9.77. The van der Waals surface area contributed by atoms with E-state index < -0.39 is 0 Å². The minimum atomic E-state index is 0.707. The largest absolute Gasteiger partial charge is 0.494 e. The molecule has 0 N–H and O–H groups in total. The van der Waals surface area contributed by atoms with Gasteiger partial charge in [0, 0.05) is 6.20 Å². The van der Waals surface area contributed by atoms with Crippen LogP contribution in [0.3, 0.4) is 0 Å². The molecule has 0 spiro atoms. The van der Waals surface area contributed by atoms with Gasteiger partial charge in [-0.05, 0) is 79.3 Å². The summed E-state index contributed by atoms with van der Waals surface area (Å²) in [6, 6.07) is 12.7. The Kier molecular flexibility index (Phi) is 8.80. The number of hydrogen-bond acceptors (Lipinski definition) is 2. The maximum Gasteiger partial charge on any atom is 0.119 e. The lowest BCUT2D eigenvalue weighted by molar-refractivity contribution is 0.304. The summed E-state index contributed by atoms with van der Waals surface area (Å²) < 4.78 is 5.72. The molecule has 1 aromatic carbocycles. The van der Waals surface area contributed by atoms with Crippen molar-refractivity contribution in [3.05, 3.63) is 59.4 Å². The minimum Gasteiger partial charge on any atom is -0.494 e. The van der Waals surface area contributed by atoms with Crippen molar-refractivity contribution in [1.82, 2.24) is 4.98 Å². The topological polar surface area (TPSA) is 22.1 Å². The van der Waals surface area contributed by atoms with Crippen molar-refractivity contribution in [1.29, 1.82) is 0 Å². The Labute approximate surface area is 177 Å². The number of aromatic nitrogens is 1. The first-order chi connectivity index (χ1) is 14.3. The highest BCUT2D eigenvalue weighted by atomic mass is 16.5. The normalized spacial score (nSPS) is 19.5. The van der Waals surface area contributed by atoms with E-state index in [2.05, 4.69) is 56.5 Å². The fourth-order valence-corrected chi connectivity index (χ4v) is 4.23. The summed E-state index contributed by atoms with van der Waals surface area (Å²) in [5.41, 5.74) is 3.61. The molecule has 0 amide bonds. The number of unbranched alkanes of at least 4 members (excludes halogenated alkanes) is 2. The fraction of sp³-hybridized carbons (Fsp3) is 0.519. The predicted molar refractivity (Wildman–Crippen MR) is 124 cm³/mol. The Morgan fingerprint density at radius 2 is 1.66 bits per heavy atom. The molecule has 0 unspecified atom stereocenters. The maximum atomic E-state index is 5.72. The van der Waals surface area contributed by atoms with Gasteiger partial charge in [0.15, 0.2) is 0 Å². The van der Waals surface area contributed by atoms with Crippen LogP contribution in [-0.2, 0) is 0 Å². The molecule has 0 atom stereocenters. The van der Waals surface area contributed by atoms with Gasteiger partial charge in [0.05, 0.1) is 12.3 Å². The van der Waals surface area contributed by atoms with E-state index in [-0.39, 0.29) is 0 Å². The Balaban J connectivity index is 1.49. The molecule has 2 heteroatoms. The molecule has 0 aliphatic heterocycles. The monoisotopic (exact) mass is 391 g/mol. The van der Waals surface area contributed by atoms with Crippen LogP contribution >= 0.6 is 0 Å². The summed E-state index contributed by atoms with van der Waals surface area (Å²) in [4.78, 5) is 4.69. The first-order valence-corrected chi connectivity index (χ1v) is 11.7. The van der Waals surface area contributed by atoms with Gasteiger partial charge in [0.1, 0.15) is 5.75 Å². The molecular weight excluding hydrogens is 354 g/mol. The van der Waals surface area contributed by atoms with Crippen molar-refractivity contribution in [2.24, 2.45) is 5.92 Å². The summed E-state index contributed by atoms with van der Waals surface area (Å²) in [5, 5.41) is 0. The van der Waals surface area contributed by atoms with Crippen LogP contribution in [0, 0.1) is 5.92 Å². The van der Waals surface area contributed by atoms with Gasteiger partial charge in [0.2, 0.25) is 0 Å². The Hall–Kier alpha value is -2.09. The molecule has 156 valence electrons. The van der Waals surface area contributed by atoms with Crippen LogP contribution in [0.25, 0.3) is 12.2 Å². The summed E-state index contributed by atoms with van der Waals surface area (Å²) in [5.74, 6) is 2.62. The fourth-order valence-electron chi connectivity index (χ4n) is 4.23. The molecule has 1 aliphatic rings. The number of rotatable bonds is 10. The van der Waals surface area contributed by atoms with E-state index in [9.17, 15) is 0 Å². The Morgan fingerprint density at radius 1 is 0.897 bits per heavy atom. The van der Waals surface area contributed by atoms with Gasteiger partial charge in [-0.15, -0.1) is 0 Å². The molecule has 1 fully saturated rings. The molecule has 1 heterocycles. The van der Waals surface area contributed by atoms with Crippen LogP contribution in [0.1, 0.15) is 94.4 Å². The highest BCUT2D eigenvalue weighted by molar-refractivity contribution is 5.68. The van der Waals surface area contributed by atoms with Crippen molar-refractivity contribution < 1.29 is 4.74 Å². The third-order valence-electron chi connectivity index (χ3n) is 6.19. The third kappa shape index (κ3) is 7.03. The molecule has 29 heavy (non-hydrogen) atoms. The number of pyridine rings is 1. The van der Waals surface area contributed by atoms with E-state index in [1.165, 1.54) is 56.1 Å². The number of hydrogen-bond donors (Lipinski definition) is 0.